The van der Waals surface area contributed by atoms with Crippen LogP contribution in [-0.2, 0) is 24.8 Å². The number of carbonyl (C=O) groups excluding carboxylic acids is 1. The fourth-order valence-electron chi connectivity index (χ4n) is 3.07. The van der Waals surface area contributed by atoms with Crippen LogP contribution in [0.25, 0.3) is 0 Å². The average Bonchev–Trinajstić information content (AvgIpc) is 3.06. The van der Waals surface area contributed by atoms with Gasteiger partial charge in [-0.2, -0.15) is 0 Å². The third-order valence-corrected chi connectivity index (χ3v) is 4.21. The first-order chi connectivity index (χ1) is 11.6. The summed E-state index contributed by atoms with van der Waals surface area (Å²) < 4.78 is 27.5. The Hall–Kier alpha value is -2.25. The molecule has 0 bridgehead atoms. The van der Waals surface area contributed by atoms with E-state index in [4.69, 9.17) is 23.7 Å². The van der Waals surface area contributed by atoms with E-state index < -0.39 is 11.8 Å². The van der Waals surface area contributed by atoms with Gasteiger partial charge in [0.1, 0.15) is 5.57 Å². The number of methoxy groups -OCH3 is 2. The van der Waals surface area contributed by atoms with Crippen LogP contribution in [0.3, 0.4) is 0 Å². The van der Waals surface area contributed by atoms with Crippen LogP contribution in [0, 0.1) is 0 Å². The predicted octanol–water partition coefficient (Wildman–Crippen LogP) is 2.15. The Morgan fingerprint density at radius 3 is 2.46 bits per heavy atom. The molecule has 0 fully saturated rings. The molecule has 1 aromatic carbocycles. The highest BCUT2D eigenvalue weighted by molar-refractivity contribution is 5.93. The first-order valence-electron chi connectivity index (χ1n) is 7.81. The van der Waals surface area contributed by atoms with E-state index >= 15 is 0 Å². The first-order valence-corrected chi connectivity index (χ1v) is 7.81. The summed E-state index contributed by atoms with van der Waals surface area (Å²) in [7, 11) is 2.99. The Balaban J connectivity index is 2.21. The zero-order valence-corrected chi connectivity index (χ0v) is 14.3. The maximum atomic E-state index is 12.5. The zero-order valence-electron chi connectivity index (χ0n) is 14.3. The molecule has 0 amide bonds. The molecule has 0 N–H and O–H groups in total. The molecule has 0 spiro atoms. The third kappa shape index (κ3) is 2.32. The number of ether oxygens (including phenoxy) is 5. The lowest BCUT2D eigenvalue weighted by atomic mass is 9.91. The van der Waals surface area contributed by atoms with E-state index in [2.05, 4.69) is 0 Å². The van der Waals surface area contributed by atoms with E-state index in [0.29, 0.717) is 23.6 Å². The van der Waals surface area contributed by atoms with Gasteiger partial charge in [0.2, 0.25) is 12.6 Å². The van der Waals surface area contributed by atoms with E-state index in [1.807, 2.05) is 17.9 Å². The normalized spacial score (nSPS) is 17.3. The standard InChI is InChI=1S/C17H21NO6/c1-5-18-9-12(16(19)22-6-2)17(20-3,21-4)11-7-14-15(8-13(11)18)24-10-23-14/h7-9H,5-6,10H2,1-4H3. The minimum atomic E-state index is -1.37. The summed E-state index contributed by atoms with van der Waals surface area (Å²) in [6.07, 6.45) is 1.70. The number of hydrogen-bond donors (Lipinski definition) is 0. The van der Waals surface area contributed by atoms with Crippen LogP contribution in [0.4, 0.5) is 5.69 Å². The molecule has 0 unspecified atom stereocenters. The molecule has 0 aromatic heterocycles. The minimum Gasteiger partial charge on any atom is -0.462 e. The molecule has 0 saturated heterocycles. The Morgan fingerprint density at radius 1 is 1.21 bits per heavy atom. The van der Waals surface area contributed by atoms with E-state index in [1.165, 1.54) is 14.2 Å². The highest BCUT2D eigenvalue weighted by Crippen LogP contribution is 2.49. The van der Waals surface area contributed by atoms with Crippen molar-refractivity contribution in [3.63, 3.8) is 0 Å². The lowest BCUT2D eigenvalue weighted by Gasteiger charge is -2.40. The number of nitrogens with zero attached hydrogens (tertiary/aromatic N) is 1. The fourth-order valence-corrected chi connectivity index (χ4v) is 3.07. The number of anilines is 1. The molecule has 130 valence electrons. The van der Waals surface area contributed by atoms with E-state index in [0.717, 1.165) is 5.69 Å². The van der Waals surface area contributed by atoms with Crippen LogP contribution in [0.1, 0.15) is 19.4 Å². The second kappa shape index (κ2) is 6.33. The number of fused-ring (bicyclic) bond motifs is 2. The van der Waals surface area contributed by atoms with Gasteiger partial charge < -0.3 is 28.6 Å². The van der Waals surface area contributed by atoms with Gasteiger partial charge in [-0.15, -0.1) is 0 Å². The van der Waals surface area contributed by atoms with Crippen molar-refractivity contribution < 1.29 is 28.5 Å². The number of carbonyl (C=O) groups is 1. The van der Waals surface area contributed by atoms with Gasteiger partial charge in [0.05, 0.1) is 12.3 Å². The molecule has 3 rings (SSSR count). The van der Waals surface area contributed by atoms with Crippen molar-refractivity contribution in [2.45, 2.75) is 19.6 Å². The molecular formula is C17H21NO6. The van der Waals surface area contributed by atoms with Crippen molar-refractivity contribution in [2.24, 2.45) is 0 Å². The molecule has 2 aliphatic rings. The first kappa shape index (κ1) is 16.6. The lowest BCUT2D eigenvalue weighted by Crippen LogP contribution is -2.43. The zero-order chi connectivity index (χ0) is 17.3. The SMILES string of the molecule is CCOC(=O)C1=CN(CC)c2cc3c(cc2C1(OC)OC)OCO3. The van der Waals surface area contributed by atoms with Gasteiger partial charge >= 0.3 is 5.97 Å². The summed E-state index contributed by atoms with van der Waals surface area (Å²) in [6, 6.07) is 3.66. The molecule has 2 heterocycles. The van der Waals surface area contributed by atoms with Crippen molar-refractivity contribution >= 4 is 11.7 Å². The molecule has 7 nitrogen and oxygen atoms in total. The van der Waals surface area contributed by atoms with Crippen LogP contribution in [0.15, 0.2) is 23.9 Å². The quantitative estimate of drug-likeness (QED) is 0.603. The van der Waals surface area contributed by atoms with Crippen molar-refractivity contribution in [2.75, 3.05) is 39.1 Å². The van der Waals surface area contributed by atoms with Gasteiger partial charge in [-0.1, -0.05) is 0 Å². The molecule has 1 aromatic rings. The Labute approximate surface area is 140 Å². The van der Waals surface area contributed by atoms with Crippen molar-refractivity contribution in [3.8, 4) is 11.5 Å². The van der Waals surface area contributed by atoms with Crippen molar-refractivity contribution in [1.82, 2.24) is 0 Å². The van der Waals surface area contributed by atoms with Gasteiger partial charge in [-0.05, 0) is 19.9 Å². The number of hydrogen-bond acceptors (Lipinski definition) is 7. The predicted molar refractivity (Wildman–Crippen MR) is 86.0 cm³/mol. The largest absolute Gasteiger partial charge is 0.462 e. The number of benzene rings is 1. The van der Waals surface area contributed by atoms with Gasteiger partial charge in [0.15, 0.2) is 11.5 Å². The van der Waals surface area contributed by atoms with Gasteiger partial charge in [-0.3, -0.25) is 0 Å². The second-order valence-electron chi connectivity index (χ2n) is 5.30. The third-order valence-electron chi connectivity index (χ3n) is 4.21. The lowest BCUT2D eigenvalue weighted by molar-refractivity contribution is -0.195. The number of rotatable bonds is 5. The van der Waals surface area contributed by atoms with Gasteiger partial charge in [-0.25, -0.2) is 4.79 Å². The summed E-state index contributed by atoms with van der Waals surface area (Å²) >= 11 is 0. The molecule has 24 heavy (non-hydrogen) atoms. The maximum absolute atomic E-state index is 12.5. The van der Waals surface area contributed by atoms with E-state index in [-0.39, 0.29) is 19.0 Å². The van der Waals surface area contributed by atoms with Crippen molar-refractivity contribution in [3.05, 3.63) is 29.5 Å². The van der Waals surface area contributed by atoms with E-state index in [1.54, 1.807) is 19.2 Å². The summed E-state index contributed by atoms with van der Waals surface area (Å²) in [5.74, 6) is -0.605. The van der Waals surface area contributed by atoms with E-state index in [9.17, 15) is 4.79 Å². The highest BCUT2D eigenvalue weighted by Gasteiger charge is 2.48. The Morgan fingerprint density at radius 2 is 1.88 bits per heavy atom. The smallest absolute Gasteiger partial charge is 0.341 e. The summed E-state index contributed by atoms with van der Waals surface area (Å²) in [5, 5.41) is 0. The highest BCUT2D eigenvalue weighted by atomic mass is 16.7. The molecule has 2 aliphatic heterocycles. The maximum Gasteiger partial charge on any atom is 0.341 e. The fraction of sp³-hybridized carbons (Fsp3) is 0.471. The Bertz CT molecular complexity index is 680. The average molecular weight is 335 g/mol. The topological polar surface area (TPSA) is 66.5 Å². The van der Waals surface area contributed by atoms with Crippen LogP contribution >= 0.6 is 0 Å². The summed E-state index contributed by atoms with van der Waals surface area (Å²) in [6.45, 7) is 4.82. The summed E-state index contributed by atoms with van der Waals surface area (Å²) in [4.78, 5) is 14.4. The summed E-state index contributed by atoms with van der Waals surface area (Å²) in [5.41, 5.74) is 1.78. The van der Waals surface area contributed by atoms with Crippen LogP contribution in [0.5, 0.6) is 11.5 Å². The molecule has 0 radical (unpaired) electrons. The molecule has 7 heteroatoms. The van der Waals surface area contributed by atoms with Gasteiger partial charge in [0.25, 0.3) is 0 Å². The minimum absolute atomic E-state index is 0.162. The molecule has 0 saturated carbocycles. The molecule has 0 atom stereocenters. The Kier molecular flexibility index (Phi) is 4.38. The molecule has 0 aliphatic carbocycles. The second-order valence-corrected chi connectivity index (χ2v) is 5.30. The van der Waals surface area contributed by atoms with Crippen molar-refractivity contribution in [1.29, 1.82) is 0 Å². The number of esters is 1. The van der Waals surface area contributed by atoms with Crippen LogP contribution in [0.2, 0.25) is 0 Å². The molecular weight excluding hydrogens is 314 g/mol. The monoisotopic (exact) mass is 335 g/mol. The van der Waals surface area contributed by atoms with Crippen LogP contribution in [-0.4, -0.2) is 40.1 Å². The van der Waals surface area contributed by atoms with Crippen LogP contribution < -0.4 is 14.4 Å². The van der Waals surface area contributed by atoms with Gasteiger partial charge in [0, 0.05) is 38.6 Å².